The molecule has 0 fully saturated rings. The van der Waals surface area contributed by atoms with Gasteiger partial charge in [0.1, 0.15) is 5.75 Å². The number of carbonyl (C=O) groups is 1. The van der Waals surface area contributed by atoms with Crippen LogP contribution in [-0.4, -0.2) is 18.2 Å². The van der Waals surface area contributed by atoms with Gasteiger partial charge in [-0.05, 0) is 24.3 Å². The van der Waals surface area contributed by atoms with Crippen LogP contribution in [0.5, 0.6) is 5.75 Å². The molecule has 0 atom stereocenters. The minimum atomic E-state index is -0.398. The van der Waals surface area contributed by atoms with Crippen LogP contribution in [0.1, 0.15) is 10.4 Å². The number of phenolic OH excluding ortho intramolecular Hbond substituents is 1. The van der Waals surface area contributed by atoms with Gasteiger partial charge in [-0.25, -0.2) is 4.79 Å². The Balaban J connectivity index is 2.90. The van der Waals surface area contributed by atoms with Gasteiger partial charge in [-0.15, -0.1) is 0 Å². The van der Waals surface area contributed by atoms with Crippen LogP contribution >= 0.6 is 0 Å². The third-order valence-corrected chi connectivity index (χ3v) is 1.29. The molecule has 0 aromatic heterocycles. The minimum Gasteiger partial charge on any atom is -0.508 e. The first-order valence-electron chi connectivity index (χ1n) is 3.11. The molecule has 0 aliphatic rings. The van der Waals surface area contributed by atoms with E-state index in [2.05, 4.69) is 4.74 Å². The molecule has 1 N–H and O–H groups in total. The van der Waals surface area contributed by atoms with Gasteiger partial charge in [-0.1, -0.05) is 0 Å². The second-order valence-corrected chi connectivity index (χ2v) is 2.04. The molecule has 0 aliphatic carbocycles. The zero-order chi connectivity index (χ0) is 8.27. The first kappa shape index (κ1) is 7.60. The Kier molecular flexibility index (Phi) is 2.11. The zero-order valence-corrected chi connectivity index (χ0v) is 6.07. The zero-order valence-electron chi connectivity index (χ0n) is 6.07. The molecule has 0 saturated heterocycles. The largest absolute Gasteiger partial charge is 0.508 e. The lowest BCUT2D eigenvalue weighted by atomic mass is 10.9. The summed E-state index contributed by atoms with van der Waals surface area (Å²) in [6.45, 7) is 0. The van der Waals surface area contributed by atoms with Crippen molar-refractivity contribution in [2.45, 2.75) is 0 Å². The van der Waals surface area contributed by atoms with Gasteiger partial charge in [0.05, 0.1) is 12.7 Å². The van der Waals surface area contributed by atoms with Gasteiger partial charge in [0.25, 0.3) is 0 Å². The molecule has 0 spiro atoms. The summed E-state index contributed by atoms with van der Waals surface area (Å²) in [6.07, 6.45) is 0. The smallest absolute Gasteiger partial charge is 0.337 e. The Morgan fingerprint density at radius 2 is 1.91 bits per heavy atom. The van der Waals surface area contributed by atoms with E-state index >= 15 is 0 Å². The van der Waals surface area contributed by atoms with Gasteiger partial charge in [-0.2, -0.15) is 0 Å². The van der Waals surface area contributed by atoms with Crippen LogP contribution in [0.4, 0.5) is 0 Å². The number of benzene rings is 1. The molecular formula is C8H8O3. The molecule has 0 aliphatic heterocycles. The van der Waals surface area contributed by atoms with Crippen LogP contribution in [0, 0.1) is 0 Å². The number of methoxy groups -OCH3 is 1. The lowest BCUT2D eigenvalue weighted by molar-refractivity contribution is 0.0601. The predicted octanol–water partition coefficient (Wildman–Crippen LogP) is 1.18. The van der Waals surface area contributed by atoms with Gasteiger partial charge >= 0.3 is 5.97 Å². The highest BCUT2D eigenvalue weighted by atomic mass is 16.6. The van der Waals surface area contributed by atoms with Crippen molar-refractivity contribution in [3.63, 3.8) is 0 Å². The summed E-state index contributed by atoms with van der Waals surface area (Å²) < 4.78 is 4.46. The summed E-state index contributed by atoms with van der Waals surface area (Å²) in [6, 6.07) is 5.88. The molecule has 0 amide bonds. The number of hydrogen-bond donors (Lipinski definition) is 1. The van der Waals surface area contributed by atoms with E-state index in [0.29, 0.717) is 5.56 Å². The Morgan fingerprint density at radius 3 is 2.36 bits per heavy atom. The van der Waals surface area contributed by atoms with Gasteiger partial charge in [0.2, 0.25) is 0 Å². The summed E-state index contributed by atoms with van der Waals surface area (Å²) in [4.78, 5) is 10.8. The second-order valence-electron chi connectivity index (χ2n) is 2.04. The van der Waals surface area contributed by atoms with E-state index in [1.165, 1.54) is 31.4 Å². The molecule has 58 valence electrons. The Morgan fingerprint density at radius 1 is 1.36 bits per heavy atom. The summed E-state index contributed by atoms with van der Waals surface area (Å²) in [5.41, 5.74) is 0.435. The Bertz CT molecular complexity index is 251. The van der Waals surface area contributed by atoms with Crippen LogP contribution in [-0.2, 0) is 4.74 Å². The van der Waals surface area contributed by atoms with Crippen LogP contribution in [0.2, 0.25) is 0 Å². The molecule has 1 aromatic rings. The lowest BCUT2D eigenvalue weighted by Crippen LogP contribution is -1.99. The van der Waals surface area contributed by atoms with E-state index < -0.39 is 5.97 Å². The monoisotopic (exact) mass is 158 g/mol. The van der Waals surface area contributed by atoms with E-state index in [0.717, 1.165) is 0 Å². The van der Waals surface area contributed by atoms with E-state index in [1.54, 1.807) is 0 Å². The van der Waals surface area contributed by atoms with Crippen molar-refractivity contribution in [2.24, 2.45) is 0 Å². The first-order valence-corrected chi connectivity index (χ1v) is 3.11. The number of rotatable bonds is 1. The average Bonchev–Trinajstić information content (AvgIpc) is 2.05. The lowest BCUT2D eigenvalue weighted by Gasteiger charge is -1.97. The van der Waals surface area contributed by atoms with Crippen LogP contribution in [0.25, 0.3) is 0 Å². The number of ether oxygens (including phenoxy) is 1. The molecule has 1 rings (SSSR count). The highest BCUT2D eigenvalue weighted by Gasteiger charge is 2.02. The van der Waals surface area contributed by atoms with Crippen molar-refractivity contribution in [3.8, 4) is 5.75 Å². The standard InChI is InChI=1S/C8H8O3/c1-11-8(10)6-2-4-7(9)5-3-6/h2-5,9H,1H3/i2+1,4+1,5+1,6+1,7+1,8+1. The van der Waals surface area contributed by atoms with Crippen molar-refractivity contribution < 1.29 is 14.6 Å². The summed E-state index contributed by atoms with van der Waals surface area (Å²) >= 11 is 0. The number of phenols is 1. The molecule has 1 aromatic carbocycles. The van der Waals surface area contributed by atoms with E-state index in [1.807, 2.05) is 0 Å². The van der Waals surface area contributed by atoms with E-state index in [4.69, 9.17) is 5.11 Å². The van der Waals surface area contributed by atoms with Crippen LogP contribution in [0.3, 0.4) is 0 Å². The number of carbonyl (C=O) groups excluding carboxylic acids is 1. The molecule has 0 saturated carbocycles. The number of hydrogen-bond acceptors (Lipinski definition) is 3. The van der Waals surface area contributed by atoms with Gasteiger partial charge in [0, 0.05) is 0 Å². The topological polar surface area (TPSA) is 46.5 Å². The van der Waals surface area contributed by atoms with E-state index in [-0.39, 0.29) is 5.75 Å². The average molecular weight is 158 g/mol. The minimum absolute atomic E-state index is 0.137. The Hall–Kier alpha value is -1.51. The maximum absolute atomic E-state index is 10.8. The van der Waals surface area contributed by atoms with Crippen molar-refractivity contribution in [3.05, 3.63) is 29.8 Å². The maximum Gasteiger partial charge on any atom is 0.337 e. The molecule has 11 heavy (non-hydrogen) atoms. The van der Waals surface area contributed by atoms with Crippen molar-refractivity contribution in [1.82, 2.24) is 0 Å². The van der Waals surface area contributed by atoms with Gasteiger partial charge in [-0.3, -0.25) is 0 Å². The Labute approximate surface area is 64.2 Å². The molecule has 3 heteroatoms. The van der Waals surface area contributed by atoms with E-state index in [9.17, 15) is 4.79 Å². The fraction of sp³-hybridized carbons (Fsp3) is 0.125. The van der Waals surface area contributed by atoms with Crippen molar-refractivity contribution in [1.29, 1.82) is 0 Å². The highest BCUT2D eigenvalue weighted by molar-refractivity contribution is 5.89. The number of esters is 1. The number of aromatic hydroxyl groups is 1. The fourth-order valence-corrected chi connectivity index (χ4v) is 0.715. The summed E-state index contributed by atoms with van der Waals surface area (Å²) in [7, 11) is 1.31. The summed E-state index contributed by atoms with van der Waals surface area (Å²) in [5.74, 6) is -0.261. The fourth-order valence-electron chi connectivity index (χ4n) is 0.715. The first-order chi connectivity index (χ1) is 5.24. The molecule has 0 bridgehead atoms. The molecular weight excluding hydrogens is 150 g/mol. The second kappa shape index (κ2) is 3.05. The van der Waals surface area contributed by atoms with Gasteiger partial charge < -0.3 is 9.84 Å². The highest BCUT2D eigenvalue weighted by Crippen LogP contribution is 2.09. The predicted molar refractivity (Wildman–Crippen MR) is 39.4 cm³/mol. The quantitative estimate of drug-likeness (QED) is 0.493. The maximum atomic E-state index is 10.8. The van der Waals surface area contributed by atoms with Crippen LogP contribution in [0.15, 0.2) is 24.3 Å². The SMILES string of the molecule is CO[13C](=O)[13c]1c[13cH][13c](O)[13cH][13cH]1. The normalized spacial score (nSPS) is 9.18. The molecule has 0 radical (unpaired) electrons. The van der Waals surface area contributed by atoms with Gasteiger partial charge in [0.15, 0.2) is 0 Å². The third kappa shape index (κ3) is 1.70. The molecule has 0 unspecified atom stereocenters. The van der Waals surface area contributed by atoms with Crippen molar-refractivity contribution in [2.75, 3.05) is 7.11 Å². The van der Waals surface area contributed by atoms with Crippen molar-refractivity contribution >= 4 is 5.97 Å². The summed E-state index contributed by atoms with van der Waals surface area (Å²) in [5, 5.41) is 8.86. The molecule has 0 heterocycles. The molecule has 3 nitrogen and oxygen atoms in total. The van der Waals surface area contributed by atoms with Crippen LogP contribution < -0.4 is 0 Å². The third-order valence-electron chi connectivity index (χ3n) is 1.29.